The summed E-state index contributed by atoms with van der Waals surface area (Å²) in [5, 5.41) is 3.65. The molecule has 1 amide bonds. The van der Waals surface area contributed by atoms with Crippen molar-refractivity contribution in [2.75, 3.05) is 18.4 Å². The Hall–Kier alpha value is -2.43. The third kappa shape index (κ3) is 4.76. The number of carbonyl (C=O) groups excluding carboxylic acids is 2. The largest absolute Gasteiger partial charge is 0.300 e. The van der Waals surface area contributed by atoms with Gasteiger partial charge in [-0.25, -0.2) is 9.97 Å². The van der Waals surface area contributed by atoms with Gasteiger partial charge in [0, 0.05) is 11.8 Å². The lowest BCUT2D eigenvalue weighted by molar-refractivity contribution is -0.116. The average Bonchev–Trinajstić information content (AvgIpc) is 3.21. The van der Waals surface area contributed by atoms with Crippen molar-refractivity contribution < 1.29 is 9.59 Å². The Balaban J connectivity index is 1.98. The Morgan fingerprint density at radius 1 is 1.10 bits per heavy atom. The van der Waals surface area contributed by atoms with Crippen molar-refractivity contribution in [2.24, 2.45) is 0 Å². The van der Waals surface area contributed by atoms with Gasteiger partial charge in [0.05, 0.1) is 22.5 Å². The highest BCUT2D eigenvalue weighted by Gasteiger charge is 2.20. The number of thiophene rings is 1. The van der Waals surface area contributed by atoms with Crippen molar-refractivity contribution in [3.63, 3.8) is 0 Å². The summed E-state index contributed by atoms with van der Waals surface area (Å²) in [7, 11) is 0. The highest BCUT2D eigenvalue weighted by molar-refractivity contribution is 7.18. The van der Waals surface area contributed by atoms with E-state index in [-0.39, 0.29) is 23.8 Å². The first-order valence-corrected chi connectivity index (χ1v) is 11.8. The van der Waals surface area contributed by atoms with Crippen molar-refractivity contribution in [3.8, 4) is 0 Å². The van der Waals surface area contributed by atoms with Crippen molar-refractivity contribution in [1.29, 1.82) is 0 Å². The molecule has 0 saturated heterocycles. The summed E-state index contributed by atoms with van der Waals surface area (Å²) in [6.45, 7) is 13.1. The number of thiazole rings is 1. The van der Waals surface area contributed by atoms with E-state index in [1.165, 1.54) is 22.8 Å². The molecule has 31 heavy (non-hydrogen) atoms. The summed E-state index contributed by atoms with van der Waals surface area (Å²) in [5.41, 5.74) is 1.28. The van der Waals surface area contributed by atoms with E-state index in [0.717, 1.165) is 34.9 Å². The SMILES string of the molecule is CCN(CC)Cc1nc2sc(C)c(C)c2c(=O)n1CC(=O)Nc1nc(C)c(C(C)=O)s1. The highest BCUT2D eigenvalue weighted by Crippen LogP contribution is 2.27. The molecule has 10 heteroatoms. The second-order valence-electron chi connectivity index (χ2n) is 7.38. The number of nitrogens with one attached hydrogen (secondary N) is 1. The van der Waals surface area contributed by atoms with Crippen LogP contribution in [-0.2, 0) is 17.9 Å². The fraction of sp³-hybridized carbons (Fsp3) is 0.476. The average molecular weight is 462 g/mol. The molecule has 0 aliphatic carbocycles. The van der Waals surface area contributed by atoms with Crippen LogP contribution in [0.2, 0.25) is 0 Å². The summed E-state index contributed by atoms with van der Waals surface area (Å²) in [4.78, 5) is 51.3. The van der Waals surface area contributed by atoms with Crippen molar-refractivity contribution in [1.82, 2.24) is 19.4 Å². The Morgan fingerprint density at radius 2 is 1.77 bits per heavy atom. The molecule has 3 rings (SSSR count). The molecule has 0 radical (unpaired) electrons. The van der Waals surface area contributed by atoms with Crippen LogP contribution in [0.1, 0.15) is 52.4 Å². The maximum atomic E-state index is 13.4. The van der Waals surface area contributed by atoms with Crippen LogP contribution in [-0.4, -0.2) is 44.2 Å². The third-order valence-electron chi connectivity index (χ3n) is 5.29. The Bertz CT molecular complexity index is 1200. The van der Waals surface area contributed by atoms with Crippen LogP contribution in [0.15, 0.2) is 4.79 Å². The highest BCUT2D eigenvalue weighted by atomic mass is 32.1. The minimum absolute atomic E-state index is 0.0915. The van der Waals surface area contributed by atoms with Crippen molar-refractivity contribution >= 4 is 49.7 Å². The van der Waals surface area contributed by atoms with Gasteiger partial charge in [-0.15, -0.1) is 11.3 Å². The Labute approximate surface area is 188 Å². The molecule has 166 valence electrons. The predicted octanol–water partition coefficient (Wildman–Crippen LogP) is 3.52. The fourth-order valence-corrected chi connectivity index (χ4v) is 5.30. The third-order valence-corrected chi connectivity index (χ3v) is 7.57. The van der Waals surface area contributed by atoms with E-state index in [2.05, 4.69) is 15.2 Å². The maximum absolute atomic E-state index is 13.4. The quantitative estimate of drug-likeness (QED) is 0.516. The van der Waals surface area contributed by atoms with Crippen LogP contribution in [0.3, 0.4) is 0 Å². The molecule has 1 N–H and O–H groups in total. The van der Waals surface area contributed by atoms with E-state index in [4.69, 9.17) is 4.98 Å². The molecule has 0 unspecified atom stereocenters. The van der Waals surface area contributed by atoms with E-state index >= 15 is 0 Å². The standard InChI is InChI=1S/C21H27N5O3S2/c1-7-25(8-2)9-15-23-19-17(11(3)14(6)30-19)20(29)26(15)10-16(28)24-21-22-12(4)18(31-21)13(5)27/h7-10H2,1-6H3,(H,22,24,28). The van der Waals surface area contributed by atoms with Gasteiger partial charge in [0.15, 0.2) is 10.9 Å². The van der Waals surface area contributed by atoms with Gasteiger partial charge in [-0.2, -0.15) is 0 Å². The van der Waals surface area contributed by atoms with Crippen LogP contribution < -0.4 is 10.9 Å². The monoisotopic (exact) mass is 461 g/mol. The number of aromatic nitrogens is 3. The Morgan fingerprint density at radius 3 is 2.35 bits per heavy atom. The van der Waals surface area contributed by atoms with Crippen LogP contribution >= 0.6 is 22.7 Å². The van der Waals surface area contributed by atoms with Gasteiger partial charge >= 0.3 is 0 Å². The lowest BCUT2D eigenvalue weighted by atomic mass is 10.2. The van der Waals surface area contributed by atoms with Gasteiger partial charge in [-0.05, 0) is 39.4 Å². The van der Waals surface area contributed by atoms with Crippen molar-refractivity contribution in [2.45, 2.75) is 54.6 Å². The lowest BCUT2D eigenvalue weighted by Crippen LogP contribution is -2.34. The molecule has 0 aliphatic heterocycles. The molecule has 3 aromatic rings. The zero-order valence-electron chi connectivity index (χ0n) is 18.7. The summed E-state index contributed by atoms with van der Waals surface area (Å²) < 4.78 is 1.46. The first kappa shape index (κ1) is 23.2. The van der Waals surface area contributed by atoms with E-state index < -0.39 is 0 Å². The predicted molar refractivity (Wildman–Crippen MR) is 125 cm³/mol. The molecule has 0 atom stereocenters. The smallest absolute Gasteiger partial charge is 0.263 e. The lowest BCUT2D eigenvalue weighted by Gasteiger charge is -2.20. The van der Waals surface area contributed by atoms with Gasteiger partial charge < -0.3 is 5.32 Å². The van der Waals surface area contributed by atoms with Crippen LogP contribution in [0, 0.1) is 20.8 Å². The minimum Gasteiger partial charge on any atom is -0.300 e. The number of nitrogens with zero attached hydrogens (tertiary/aromatic N) is 4. The first-order valence-electron chi connectivity index (χ1n) is 10.2. The summed E-state index contributed by atoms with van der Waals surface area (Å²) in [6, 6.07) is 0. The van der Waals surface area contributed by atoms with Gasteiger partial charge in [0.2, 0.25) is 5.91 Å². The van der Waals surface area contributed by atoms with Crippen LogP contribution in [0.5, 0.6) is 0 Å². The molecule has 3 aromatic heterocycles. The van der Waals surface area contributed by atoms with Gasteiger partial charge in [-0.3, -0.25) is 23.9 Å². The van der Waals surface area contributed by atoms with E-state index in [9.17, 15) is 14.4 Å². The van der Waals surface area contributed by atoms with Gasteiger partial charge in [0.25, 0.3) is 5.56 Å². The van der Waals surface area contributed by atoms with Crippen molar-refractivity contribution in [3.05, 3.63) is 37.2 Å². The molecule has 3 heterocycles. The molecule has 0 bridgehead atoms. The minimum atomic E-state index is -0.377. The summed E-state index contributed by atoms with van der Waals surface area (Å²) in [5.74, 6) is 0.0982. The number of hydrogen-bond donors (Lipinski definition) is 1. The number of ketones is 1. The van der Waals surface area contributed by atoms with Crippen LogP contribution in [0.4, 0.5) is 5.13 Å². The first-order chi connectivity index (χ1) is 14.7. The molecular formula is C21H27N5O3S2. The second kappa shape index (κ2) is 9.37. The normalized spacial score (nSPS) is 11.5. The van der Waals surface area contributed by atoms with Gasteiger partial charge in [-0.1, -0.05) is 25.2 Å². The molecule has 0 spiro atoms. The topological polar surface area (TPSA) is 97.2 Å². The second-order valence-corrected chi connectivity index (χ2v) is 9.58. The van der Waals surface area contributed by atoms with Crippen LogP contribution in [0.25, 0.3) is 10.2 Å². The molecular weight excluding hydrogens is 434 g/mol. The number of aryl methyl sites for hydroxylation is 3. The number of anilines is 1. The number of amides is 1. The number of hydrogen-bond acceptors (Lipinski definition) is 8. The van der Waals surface area contributed by atoms with E-state index in [0.29, 0.717) is 38.3 Å². The fourth-order valence-electron chi connectivity index (χ4n) is 3.38. The summed E-state index contributed by atoms with van der Waals surface area (Å²) in [6.07, 6.45) is 0. The summed E-state index contributed by atoms with van der Waals surface area (Å²) >= 11 is 2.64. The molecule has 8 nitrogen and oxygen atoms in total. The van der Waals surface area contributed by atoms with Gasteiger partial charge in [0.1, 0.15) is 17.2 Å². The molecule has 0 aromatic carbocycles. The van der Waals surface area contributed by atoms with E-state index in [1.54, 1.807) is 6.92 Å². The zero-order valence-corrected chi connectivity index (χ0v) is 20.3. The number of rotatable bonds is 8. The Kier molecular flexibility index (Phi) is 7.03. The zero-order chi connectivity index (χ0) is 22.9. The molecule has 0 saturated carbocycles. The molecule has 0 fully saturated rings. The maximum Gasteiger partial charge on any atom is 0.263 e. The number of fused-ring (bicyclic) bond motifs is 1. The number of Topliss-reactive ketones (excluding diaryl/α,β-unsaturated/α-hetero) is 1. The molecule has 0 aliphatic rings. The van der Waals surface area contributed by atoms with E-state index in [1.807, 2.05) is 27.7 Å². The number of carbonyl (C=O) groups is 2.